The highest BCUT2D eigenvalue weighted by molar-refractivity contribution is 6.03. The average Bonchev–Trinajstić information content (AvgIpc) is 2.73. The Bertz CT molecular complexity index is 715. The number of anilines is 2. The second-order valence-corrected chi connectivity index (χ2v) is 5.33. The molecule has 1 aliphatic heterocycles. The summed E-state index contributed by atoms with van der Waals surface area (Å²) >= 11 is 0. The molecule has 118 valence electrons. The van der Waals surface area contributed by atoms with Gasteiger partial charge in [-0.05, 0) is 17.7 Å². The predicted molar refractivity (Wildman–Crippen MR) is 88.4 cm³/mol. The van der Waals surface area contributed by atoms with Crippen LogP contribution in [0.2, 0.25) is 0 Å². The molecule has 1 heterocycles. The maximum Gasteiger partial charge on any atom is 0.414 e. The van der Waals surface area contributed by atoms with Gasteiger partial charge in [-0.25, -0.2) is 4.79 Å². The SMILES string of the molecule is COC(=O)N1CCC(=O)N(Cc2ccccc2)c2ccccc21. The highest BCUT2D eigenvalue weighted by Gasteiger charge is 2.29. The van der Waals surface area contributed by atoms with Crippen molar-refractivity contribution in [3.05, 3.63) is 60.2 Å². The standard InChI is InChI=1S/C18H18N2O3/c1-23-18(22)19-12-11-17(21)20(13-14-7-3-2-4-8-14)16-10-6-5-9-15(16)19/h2-10H,11-13H2,1H3. The monoisotopic (exact) mass is 310 g/mol. The van der Waals surface area contributed by atoms with E-state index in [1.54, 1.807) is 4.90 Å². The summed E-state index contributed by atoms with van der Waals surface area (Å²) in [6.07, 6.45) is -0.191. The van der Waals surface area contributed by atoms with Crippen LogP contribution in [0, 0.1) is 0 Å². The zero-order valence-corrected chi connectivity index (χ0v) is 12.9. The van der Waals surface area contributed by atoms with Gasteiger partial charge in [-0.2, -0.15) is 0 Å². The summed E-state index contributed by atoms with van der Waals surface area (Å²) in [4.78, 5) is 27.9. The van der Waals surface area contributed by atoms with Gasteiger partial charge in [0.05, 0.1) is 25.0 Å². The van der Waals surface area contributed by atoms with Gasteiger partial charge in [0.2, 0.25) is 5.91 Å². The Hall–Kier alpha value is -2.82. The molecular weight excluding hydrogens is 292 g/mol. The van der Waals surface area contributed by atoms with Crippen molar-refractivity contribution in [2.45, 2.75) is 13.0 Å². The third-order valence-electron chi connectivity index (χ3n) is 3.89. The lowest BCUT2D eigenvalue weighted by Crippen LogP contribution is -2.32. The molecule has 0 N–H and O–H groups in total. The number of amides is 2. The third kappa shape index (κ3) is 3.04. The Morgan fingerprint density at radius 3 is 2.39 bits per heavy atom. The van der Waals surface area contributed by atoms with Gasteiger partial charge < -0.3 is 9.64 Å². The van der Waals surface area contributed by atoms with Crippen molar-refractivity contribution >= 4 is 23.4 Å². The van der Waals surface area contributed by atoms with Crippen LogP contribution in [0.5, 0.6) is 0 Å². The highest BCUT2D eigenvalue weighted by atomic mass is 16.5. The Morgan fingerprint density at radius 1 is 1.04 bits per heavy atom. The molecule has 0 radical (unpaired) electrons. The van der Waals surface area contributed by atoms with Gasteiger partial charge in [-0.15, -0.1) is 0 Å². The lowest BCUT2D eigenvalue weighted by atomic mass is 10.1. The first-order valence-corrected chi connectivity index (χ1v) is 7.49. The topological polar surface area (TPSA) is 49.9 Å². The molecule has 23 heavy (non-hydrogen) atoms. The fraction of sp³-hybridized carbons (Fsp3) is 0.222. The van der Waals surface area contributed by atoms with Crippen LogP contribution in [-0.4, -0.2) is 25.7 Å². The number of hydrogen-bond acceptors (Lipinski definition) is 3. The minimum absolute atomic E-state index is 0.00675. The van der Waals surface area contributed by atoms with Gasteiger partial charge in [0, 0.05) is 13.0 Å². The number of rotatable bonds is 2. The van der Waals surface area contributed by atoms with Gasteiger partial charge in [0.25, 0.3) is 0 Å². The number of hydrogen-bond donors (Lipinski definition) is 0. The summed E-state index contributed by atoms with van der Waals surface area (Å²) in [6.45, 7) is 0.791. The molecule has 0 bridgehead atoms. The fourth-order valence-corrected chi connectivity index (χ4v) is 2.76. The van der Waals surface area contributed by atoms with Crippen molar-refractivity contribution in [3.63, 3.8) is 0 Å². The number of fused-ring (bicyclic) bond motifs is 1. The third-order valence-corrected chi connectivity index (χ3v) is 3.89. The number of ether oxygens (including phenoxy) is 1. The van der Waals surface area contributed by atoms with Crippen LogP contribution in [0.4, 0.5) is 16.2 Å². The van der Waals surface area contributed by atoms with Gasteiger partial charge in [0.1, 0.15) is 0 Å². The second kappa shape index (κ2) is 6.52. The molecule has 0 saturated carbocycles. The van der Waals surface area contributed by atoms with Crippen molar-refractivity contribution in [1.29, 1.82) is 0 Å². The van der Waals surface area contributed by atoms with Crippen LogP contribution < -0.4 is 9.80 Å². The van der Waals surface area contributed by atoms with E-state index >= 15 is 0 Å². The maximum absolute atomic E-state index is 12.6. The number of para-hydroxylation sites is 2. The molecule has 0 aliphatic carbocycles. The minimum Gasteiger partial charge on any atom is -0.452 e. The first kappa shape index (κ1) is 15.1. The van der Waals surface area contributed by atoms with Crippen molar-refractivity contribution in [3.8, 4) is 0 Å². The summed E-state index contributed by atoms with van der Waals surface area (Å²) < 4.78 is 4.85. The van der Waals surface area contributed by atoms with E-state index in [-0.39, 0.29) is 12.3 Å². The van der Waals surface area contributed by atoms with E-state index in [9.17, 15) is 9.59 Å². The molecule has 2 amide bonds. The van der Waals surface area contributed by atoms with Crippen LogP contribution in [0.1, 0.15) is 12.0 Å². The van der Waals surface area contributed by atoms with Crippen LogP contribution in [0.3, 0.4) is 0 Å². The first-order chi connectivity index (χ1) is 11.2. The Morgan fingerprint density at radius 2 is 1.70 bits per heavy atom. The molecule has 1 aliphatic rings. The van der Waals surface area contributed by atoms with E-state index in [4.69, 9.17) is 4.74 Å². The van der Waals surface area contributed by atoms with Gasteiger partial charge >= 0.3 is 6.09 Å². The molecule has 3 rings (SSSR count). The van der Waals surface area contributed by atoms with Crippen LogP contribution in [0.15, 0.2) is 54.6 Å². The van der Waals surface area contributed by atoms with E-state index in [1.165, 1.54) is 12.0 Å². The summed E-state index contributed by atoms with van der Waals surface area (Å²) in [5.74, 6) is -0.00675. The molecule has 2 aromatic carbocycles. The zero-order valence-electron chi connectivity index (χ0n) is 12.9. The Balaban J connectivity index is 2.01. The quantitative estimate of drug-likeness (QED) is 0.856. The van der Waals surface area contributed by atoms with Crippen molar-refractivity contribution < 1.29 is 14.3 Å². The predicted octanol–water partition coefficient (Wildman–Crippen LogP) is 3.20. The smallest absolute Gasteiger partial charge is 0.414 e. The van der Waals surface area contributed by atoms with Crippen LogP contribution in [0.25, 0.3) is 0 Å². The van der Waals surface area contributed by atoms with E-state index in [1.807, 2.05) is 54.6 Å². The Labute approximate surface area is 135 Å². The molecule has 0 unspecified atom stereocenters. The van der Waals surface area contributed by atoms with E-state index in [0.717, 1.165) is 11.3 Å². The van der Waals surface area contributed by atoms with Gasteiger partial charge in [-0.1, -0.05) is 42.5 Å². The second-order valence-electron chi connectivity index (χ2n) is 5.33. The summed E-state index contributed by atoms with van der Waals surface area (Å²) in [5, 5.41) is 0. The normalized spacial score (nSPS) is 14.2. The molecule has 0 spiro atoms. The van der Waals surface area contributed by atoms with Crippen molar-refractivity contribution in [2.24, 2.45) is 0 Å². The van der Waals surface area contributed by atoms with Crippen LogP contribution >= 0.6 is 0 Å². The summed E-state index contributed by atoms with van der Waals surface area (Å²) in [7, 11) is 1.35. The number of benzene rings is 2. The summed E-state index contributed by atoms with van der Waals surface area (Å²) in [5.41, 5.74) is 2.47. The molecule has 0 aromatic heterocycles. The highest BCUT2D eigenvalue weighted by Crippen LogP contribution is 2.33. The molecule has 0 saturated heterocycles. The lowest BCUT2D eigenvalue weighted by molar-refractivity contribution is -0.118. The number of carbonyl (C=O) groups is 2. The Kier molecular flexibility index (Phi) is 4.28. The fourth-order valence-electron chi connectivity index (χ4n) is 2.76. The number of carbonyl (C=O) groups excluding carboxylic acids is 2. The van der Waals surface area contributed by atoms with E-state index in [0.29, 0.717) is 18.8 Å². The molecule has 5 nitrogen and oxygen atoms in total. The summed E-state index contributed by atoms with van der Waals surface area (Å²) in [6, 6.07) is 17.2. The molecule has 0 fully saturated rings. The maximum atomic E-state index is 12.6. The number of nitrogens with zero attached hydrogens (tertiary/aromatic N) is 2. The van der Waals surface area contributed by atoms with Gasteiger partial charge in [0.15, 0.2) is 0 Å². The first-order valence-electron chi connectivity index (χ1n) is 7.49. The van der Waals surface area contributed by atoms with E-state index < -0.39 is 6.09 Å². The number of methoxy groups -OCH3 is 1. The van der Waals surface area contributed by atoms with Crippen LogP contribution in [-0.2, 0) is 16.1 Å². The minimum atomic E-state index is -0.452. The van der Waals surface area contributed by atoms with Crippen molar-refractivity contribution in [2.75, 3.05) is 23.5 Å². The largest absolute Gasteiger partial charge is 0.452 e. The average molecular weight is 310 g/mol. The lowest BCUT2D eigenvalue weighted by Gasteiger charge is -2.25. The molecule has 2 aromatic rings. The molecule has 5 heteroatoms. The van der Waals surface area contributed by atoms with Crippen molar-refractivity contribution in [1.82, 2.24) is 0 Å². The van der Waals surface area contributed by atoms with Gasteiger partial charge in [-0.3, -0.25) is 9.69 Å². The van der Waals surface area contributed by atoms with E-state index in [2.05, 4.69) is 0 Å². The molecule has 0 atom stereocenters. The zero-order chi connectivity index (χ0) is 16.2. The molecular formula is C18H18N2O3.